The van der Waals surface area contributed by atoms with Crippen molar-refractivity contribution < 1.29 is 13.7 Å². The van der Waals surface area contributed by atoms with Crippen LogP contribution in [0.1, 0.15) is 40.2 Å². The summed E-state index contributed by atoms with van der Waals surface area (Å²) in [6.07, 6.45) is 0.597. The van der Waals surface area contributed by atoms with Crippen LogP contribution in [0, 0.1) is 5.82 Å². The van der Waals surface area contributed by atoms with Crippen molar-refractivity contribution >= 4 is 29.0 Å². The van der Waals surface area contributed by atoms with Gasteiger partial charge >= 0.3 is 7.12 Å². The molecule has 0 unspecified atom stereocenters. The molecule has 0 atom stereocenters. The third-order valence-corrected chi connectivity index (χ3v) is 5.08. The Bertz CT molecular complexity index is 757. The smallest absolute Gasteiger partial charge is 0.399 e. The number of nitrogen functional groups attached to an aromatic ring is 1. The summed E-state index contributed by atoms with van der Waals surface area (Å²) in [5.74, 6) is -0.206. The topological polar surface area (TPSA) is 44.5 Å². The van der Waals surface area contributed by atoms with Gasteiger partial charge in [0.25, 0.3) is 0 Å². The van der Waals surface area contributed by atoms with Crippen LogP contribution in [0.4, 0.5) is 10.1 Å². The van der Waals surface area contributed by atoms with Crippen molar-refractivity contribution in [1.82, 2.24) is 0 Å². The fourth-order valence-electron chi connectivity index (χ4n) is 3.08. The SMILES string of the molecule is CCc1c(F)ccc2cc(N)cc(B3OC(C)(C)C(C)(C)O3)c12. The van der Waals surface area contributed by atoms with E-state index in [9.17, 15) is 4.39 Å². The maximum absolute atomic E-state index is 14.3. The van der Waals surface area contributed by atoms with E-state index in [0.29, 0.717) is 17.7 Å². The summed E-state index contributed by atoms with van der Waals surface area (Å²) >= 11 is 0. The summed E-state index contributed by atoms with van der Waals surface area (Å²) in [4.78, 5) is 0. The average Bonchev–Trinajstić information content (AvgIpc) is 2.67. The lowest BCUT2D eigenvalue weighted by molar-refractivity contribution is 0.00578. The number of rotatable bonds is 2. The number of benzene rings is 2. The summed E-state index contributed by atoms with van der Waals surface area (Å²) in [6.45, 7) is 9.96. The molecule has 3 rings (SSSR count). The normalized spacial score (nSPS) is 19.5. The van der Waals surface area contributed by atoms with Gasteiger partial charge in [0.05, 0.1) is 11.2 Å². The van der Waals surface area contributed by atoms with Gasteiger partial charge in [-0.25, -0.2) is 4.39 Å². The van der Waals surface area contributed by atoms with Gasteiger partial charge in [-0.3, -0.25) is 0 Å². The predicted molar refractivity (Wildman–Crippen MR) is 93.4 cm³/mol. The van der Waals surface area contributed by atoms with Crippen LogP contribution in [0.25, 0.3) is 10.8 Å². The molecular weight excluding hydrogens is 292 g/mol. The number of anilines is 1. The fraction of sp³-hybridized carbons (Fsp3) is 0.444. The quantitative estimate of drug-likeness (QED) is 0.682. The lowest BCUT2D eigenvalue weighted by atomic mass is 9.74. The highest BCUT2D eigenvalue weighted by atomic mass is 19.1. The lowest BCUT2D eigenvalue weighted by Crippen LogP contribution is -2.41. The maximum Gasteiger partial charge on any atom is 0.495 e. The highest BCUT2D eigenvalue weighted by Crippen LogP contribution is 2.37. The minimum Gasteiger partial charge on any atom is -0.399 e. The van der Waals surface area contributed by atoms with Crippen LogP contribution in [0.3, 0.4) is 0 Å². The molecule has 0 spiro atoms. The zero-order valence-corrected chi connectivity index (χ0v) is 14.4. The maximum atomic E-state index is 14.3. The Hall–Kier alpha value is -1.59. The Morgan fingerprint density at radius 2 is 1.70 bits per heavy atom. The molecule has 23 heavy (non-hydrogen) atoms. The molecule has 5 heteroatoms. The second-order valence-electron chi connectivity index (χ2n) is 7.18. The Balaban J connectivity index is 2.24. The minimum atomic E-state index is -0.557. The van der Waals surface area contributed by atoms with Crippen LogP contribution in [0.15, 0.2) is 24.3 Å². The van der Waals surface area contributed by atoms with Gasteiger partial charge in [0.1, 0.15) is 5.82 Å². The monoisotopic (exact) mass is 315 g/mol. The molecule has 1 fully saturated rings. The Morgan fingerprint density at radius 1 is 1.09 bits per heavy atom. The largest absolute Gasteiger partial charge is 0.495 e. The molecule has 1 saturated heterocycles. The molecular formula is C18H23BFNO2. The molecule has 0 amide bonds. The van der Waals surface area contributed by atoms with E-state index in [1.54, 1.807) is 6.07 Å². The number of nitrogens with two attached hydrogens (primary N) is 1. The van der Waals surface area contributed by atoms with Gasteiger partial charge in [0, 0.05) is 5.69 Å². The molecule has 2 N–H and O–H groups in total. The first-order valence-corrected chi connectivity index (χ1v) is 8.02. The van der Waals surface area contributed by atoms with Crippen LogP contribution < -0.4 is 11.2 Å². The van der Waals surface area contributed by atoms with E-state index in [2.05, 4.69) is 0 Å². The van der Waals surface area contributed by atoms with E-state index in [0.717, 1.165) is 16.2 Å². The molecule has 0 aromatic heterocycles. The Kier molecular flexibility index (Phi) is 3.69. The zero-order chi connectivity index (χ0) is 17.0. The molecule has 2 aromatic rings. The van der Waals surface area contributed by atoms with E-state index in [1.807, 2.05) is 46.8 Å². The average molecular weight is 315 g/mol. The van der Waals surface area contributed by atoms with E-state index in [-0.39, 0.29) is 5.82 Å². The van der Waals surface area contributed by atoms with Crippen molar-refractivity contribution in [3.63, 3.8) is 0 Å². The molecule has 0 bridgehead atoms. The van der Waals surface area contributed by atoms with E-state index >= 15 is 0 Å². The van der Waals surface area contributed by atoms with Crippen LogP contribution >= 0.6 is 0 Å². The van der Waals surface area contributed by atoms with E-state index in [1.165, 1.54) is 6.07 Å². The predicted octanol–water partition coefficient (Wildman–Crippen LogP) is 3.42. The van der Waals surface area contributed by atoms with Crippen LogP contribution in [0.5, 0.6) is 0 Å². The standard InChI is InChI=1S/C18H23BFNO2/c1-6-13-15(20)8-7-11-9-12(21)10-14(16(11)13)19-22-17(2,3)18(4,5)23-19/h7-10H,6,21H2,1-5H3. The number of halogens is 1. The number of aryl methyl sites for hydroxylation is 1. The first-order valence-electron chi connectivity index (χ1n) is 8.02. The lowest BCUT2D eigenvalue weighted by Gasteiger charge is -2.32. The van der Waals surface area contributed by atoms with Gasteiger partial charge in [-0.2, -0.15) is 0 Å². The fourth-order valence-corrected chi connectivity index (χ4v) is 3.08. The second kappa shape index (κ2) is 5.21. The van der Waals surface area contributed by atoms with Gasteiger partial charge in [0.2, 0.25) is 0 Å². The third-order valence-electron chi connectivity index (χ3n) is 5.08. The van der Waals surface area contributed by atoms with E-state index in [4.69, 9.17) is 15.0 Å². The zero-order valence-electron chi connectivity index (χ0n) is 14.4. The molecule has 0 radical (unpaired) electrons. The summed E-state index contributed by atoms with van der Waals surface area (Å²) in [5.41, 5.74) is 7.25. The van der Waals surface area contributed by atoms with E-state index < -0.39 is 18.3 Å². The summed E-state index contributed by atoms with van der Waals surface area (Å²) in [5, 5.41) is 1.76. The summed E-state index contributed by atoms with van der Waals surface area (Å²) in [7, 11) is -0.557. The number of fused-ring (bicyclic) bond motifs is 1. The summed E-state index contributed by atoms with van der Waals surface area (Å²) in [6, 6.07) is 6.95. The Labute approximate surface area is 137 Å². The molecule has 2 aromatic carbocycles. The first-order chi connectivity index (χ1) is 10.7. The molecule has 0 aliphatic carbocycles. The number of hydrogen-bond acceptors (Lipinski definition) is 3. The van der Waals surface area contributed by atoms with Crippen molar-refractivity contribution in [1.29, 1.82) is 0 Å². The molecule has 1 heterocycles. The van der Waals surface area contributed by atoms with Gasteiger partial charge < -0.3 is 15.0 Å². The van der Waals surface area contributed by atoms with Crippen molar-refractivity contribution in [3.8, 4) is 0 Å². The van der Waals surface area contributed by atoms with Gasteiger partial charge in [0.15, 0.2) is 0 Å². The van der Waals surface area contributed by atoms with Crippen molar-refractivity contribution in [2.45, 2.75) is 52.2 Å². The highest BCUT2D eigenvalue weighted by molar-refractivity contribution is 6.65. The molecule has 3 nitrogen and oxygen atoms in total. The van der Waals surface area contributed by atoms with Crippen molar-refractivity contribution in [3.05, 3.63) is 35.6 Å². The summed E-state index contributed by atoms with van der Waals surface area (Å²) < 4.78 is 26.6. The van der Waals surface area contributed by atoms with Gasteiger partial charge in [-0.1, -0.05) is 13.0 Å². The van der Waals surface area contributed by atoms with Crippen molar-refractivity contribution in [2.75, 3.05) is 5.73 Å². The molecule has 0 saturated carbocycles. The number of hydrogen-bond donors (Lipinski definition) is 1. The third kappa shape index (κ3) is 2.52. The van der Waals surface area contributed by atoms with Crippen LogP contribution in [-0.4, -0.2) is 18.3 Å². The first kappa shape index (κ1) is 16.3. The Morgan fingerprint density at radius 3 is 2.26 bits per heavy atom. The van der Waals surface area contributed by atoms with Gasteiger partial charge in [-0.15, -0.1) is 0 Å². The van der Waals surface area contributed by atoms with Crippen LogP contribution in [0.2, 0.25) is 0 Å². The minimum absolute atomic E-state index is 0.206. The molecule has 122 valence electrons. The van der Waals surface area contributed by atoms with Gasteiger partial charge in [-0.05, 0) is 74.1 Å². The second-order valence-corrected chi connectivity index (χ2v) is 7.18. The molecule has 1 aliphatic heterocycles. The van der Waals surface area contributed by atoms with Crippen LogP contribution in [-0.2, 0) is 15.7 Å². The van der Waals surface area contributed by atoms with Crippen molar-refractivity contribution in [2.24, 2.45) is 0 Å². The molecule has 1 aliphatic rings. The highest BCUT2D eigenvalue weighted by Gasteiger charge is 2.52.